The number of allylic oxidation sites excluding steroid dienone is 1. The second-order valence-corrected chi connectivity index (χ2v) is 9.60. The molecule has 3 rings (SSSR count). The standard InChI is InChI=1S/C19H21Se/c1-2-3-11-19-14-16-9-7-8-10-17(16)15-20(19)18-12-5-4-6-13-18/h4-10,12-14H,2-3,11,15H2,1H3/q+1. The Balaban J connectivity index is 1.97. The van der Waals surface area contributed by atoms with Gasteiger partial charge in [-0.3, -0.25) is 0 Å². The number of hydrogen-bond acceptors (Lipinski definition) is 0. The van der Waals surface area contributed by atoms with Gasteiger partial charge in [0.2, 0.25) is 0 Å². The molecule has 0 fully saturated rings. The first-order valence-electron chi connectivity index (χ1n) is 7.43. The van der Waals surface area contributed by atoms with Gasteiger partial charge in [-0.05, 0) is 0 Å². The van der Waals surface area contributed by atoms with Crippen molar-refractivity contribution >= 4 is 24.4 Å². The zero-order valence-electron chi connectivity index (χ0n) is 12.0. The van der Waals surface area contributed by atoms with E-state index >= 15 is 0 Å². The summed E-state index contributed by atoms with van der Waals surface area (Å²) in [6.45, 7) is 2.29. The Kier molecular flexibility index (Phi) is 4.40. The van der Waals surface area contributed by atoms with E-state index in [-0.39, 0.29) is 0 Å². The third-order valence-electron chi connectivity index (χ3n) is 3.79. The molecule has 0 bridgehead atoms. The quantitative estimate of drug-likeness (QED) is 0.734. The summed E-state index contributed by atoms with van der Waals surface area (Å²) in [6, 6.07) is 20.1. The maximum absolute atomic E-state index is 2.49. The molecule has 0 aliphatic carbocycles. The van der Waals surface area contributed by atoms with Crippen LogP contribution < -0.4 is 4.46 Å². The van der Waals surface area contributed by atoms with Gasteiger partial charge in [0.25, 0.3) is 0 Å². The fourth-order valence-electron chi connectivity index (χ4n) is 2.67. The molecule has 0 nitrogen and oxygen atoms in total. The van der Waals surface area contributed by atoms with Crippen molar-refractivity contribution in [3.63, 3.8) is 0 Å². The van der Waals surface area contributed by atoms with E-state index in [4.69, 9.17) is 0 Å². The van der Waals surface area contributed by atoms with Gasteiger partial charge >= 0.3 is 126 Å². The second-order valence-electron chi connectivity index (χ2n) is 5.26. The van der Waals surface area contributed by atoms with Crippen LogP contribution >= 0.6 is 0 Å². The fraction of sp³-hybridized carbons (Fsp3) is 0.263. The van der Waals surface area contributed by atoms with Gasteiger partial charge in [0, 0.05) is 0 Å². The van der Waals surface area contributed by atoms with Gasteiger partial charge in [-0.1, -0.05) is 0 Å². The topological polar surface area (TPSA) is 0 Å². The summed E-state index contributed by atoms with van der Waals surface area (Å²) in [7, 11) is 0. The van der Waals surface area contributed by atoms with E-state index in [9.17, 15) is 0 Å². The molecule has 0 aromatic heterocycles. The van der Waals surface area contributed by atoms with Crippen molar-refractivity contribution in [3.05, 3.63) is 70.2 Å². The Morgan fingerprint density at radius 2 is 1.70 bits per heavy atom. The summed E-state index contributed by atoms with van der Waals surface area (Å²) in [6.07, 6.45) is 6.38. The summed E-state index contributed by atoms with van der Waals surface area (Å²) in [5, 5.41) is 1.27. The molecule has 0 saturated heterocycles. The average Bonchev–Trinajstić information content (AvgIpc) is 2.53. The van der Waals surface area contributed by atoms with Crippen LogP contribution in [0.25, 0.3) is 6.08 Å². The fourth-order valence-corrected chi connectivity index (χ4v) is 7.65. The number of rotatable bonds is 4. The van der Waals surface area contributed by atoms with Crippen LogP contribution in [0.3, 0.4) is 0 Å². The van der Waals surface area contributed by atoms with Crippen LogP contribution in [0.2, 0.25) is 0 Å². The second kappa shape index (κ2) is 6.43. The summed E-state index contributed by atoms with van der Waals surface area (Å²) in [5.74, 6) is 0. The summed E-state index contributed by atoms with van der Waals surface area (Å²) in [5.41, 5.74) is 3.00. The van der Waals surface area contributed by atoms with Crippen molar-refractivity contribution in [3.8, 4) is 0 Å². The molecular formula is C19H21Se+. The van der Waals surface area contributed by atoms with Crippen LogP contribution in [0.4, 0.5) is 0 Å². The Hall–Kier alpha value is -1.30. The average molecular weight is 328 g/mol. The number of benzene rings is 2. The molecule has 0 saturated carbocycles. The molecule has 20 heavy (non-hydrogen) atoms. The predicted molar refractivity (Wildman–Crippen MR) is 89.5 cm³/mol. The maximum atomic E-state index is 2.49. The van der Waals surface area contributed by atoms with Crippen molar-refractivity contribution in [2.24, 2.45) is 0 Å². The molecule has 1 aliphatic heterocycles. The van der Waals surface area contributed by atoms with Crippen molar-refractivity contribution in [1.29, 1.82) is 0 Å². The molecule has 0 radical (unpaired) electrons. The SMILES string of the molecule is CCCCC1=Cc2ccccc2C[Se+]1c1ccccc1. The van der Waals surface area contributed by atoms with Crippen molar-refractivity contribution in [2.45, 2.75) is 31.5 Å². The molecule has 1 atom stereocenters. The van der Waals surface area contributed by atoms with Crippen LogP contribution in [0.1, 0.15) is 37.3 Å². The Morgan fingerprint density at radius 3 is 2.50 bits per heavy atom. The normalized spacial score (nSPS) is 17.4. The van der Waals surface area contributed by atoms with Crippen LogP contribution in [-0.4, -0.2) is 13.9 Å². The van der Waals surface area contributed by atoms with Crippen LogP contribution in [0.5, 0.6) is 0 Å². The molecule has 2 aromatic rings. The summed E-state index contributed by atoms with van der Waals surface area (Å²) < 4.78 is 3.32. The van der Waals surface area contributed by atoms with E-state index in [1.54, 1.807) is 14.5 Å². The first-order valence-corrected chi connectivity index (χ1v) is 10.4. The van der Waals surface area contributed by atoms with E-state index in [0.717, 1.165) is 0 Å². The number of fused-ring (bicyclic) bond motifs is 1. The van der Waals surface area contributed by atoms with Crippen molar-refractivity contribution in [2.75, 3.05) is 0 Å². The minimum absolute atomic E-state index is 0.850. The molecule has 0 amide bonds. The Labute approximate surface area is 126 Å². The van der Waals surface area contributed by atoms with Gasteiger partial charge < -0.3 is 0 Å². The first-order chi connectivity index (χ1) is 9.88. The number of hydrogen-bond donors (Lipinski definition) is 0. The molecule has 2 aromatic carbocycles. The third kappa shape index (κ3) is 2.90. The predicted octanol–water partition coefficient (Wildman–Crippen LogP) is 4.30. The van der Waals surface area contributed by atoms with E-state index < -0.39 is 13.9 Å². The zero-order valence-corrected chi connectivity index (χ0v) is 13.7. The molecule has 0 spiro atoms. The summed E-state index contributed by atoms with van der Waals surface area (Å²) in [4.78, 5) is 0. The van der Waals surface area contributed by atoms with E-state index in [2.05, 4.69) is 67.6 Å². The minimum atomic E-state index is -0.850. The van der Waals surface area contributed by atoms with E-state index in [1.165, 1.54) is 30.1 Å². The van der Waals surface area contributed by atoms with Gasteiger partial charge in [0.05, 0.1) is 0 Å². The molecule has 1 aliphatic rings. The third-order valence-corrected chi connectivity index (χ3v) is 8.82. The molecule has 0 N–H and O–H groups in total. The van der Waals surface area contributed by atoms with Crippen molar-refractivity contribution in [1.82, 2.24) is 0 Å². The first kappa shape index (κ1) is 13.7. The van der Waals surface area contributed by atoms with Crippen molar-refractivity contribution < 1.29 is 0 Å². The van der Waals surface area contributed by atoms with E-state index in [0.29, 0.717) is 0 Å². The molecule has 1 unspecified atom stereocenters. The van der Waals surface area contributed by atoms with Gasteiger partial charge in [0.1, 0.15) is 0 Å². The van der Waals surface area contributed by atoms with Gasteiger partial charge in [-0.2, -0.15) is 0 Å². The van der Waals surface area contributed by atoms with E-state index in [1.807, 2.05) is 0 Å². The number of unbranched alkanes of at least 4 members (excludes halogenated alkanes) is 1. The summed E-state index contributed by atoms with van der Waals surface area (Å²) >= 11 is -0.850. The zero-order chi connectivity index (χ0) is 13.8. The Bertz CT molecular complexity index is 598. The van der Waals surface area contributed by atoms with Gasteiger partial charge in [0.15, 0.2) is 0 Å². The van der Waals surface area contributed by atoms with Crippen LogP contribution in [-0.2, 0) is 5.32 Å². The van der Waals surface area contributed by atoms with Gasteiger partial charge in [-0.15, -0.1) is 0 Å². The molecule has 1 heterocycles. The monoisotopic (exact) mass is 329 g/mol. The van der Waals surface area contributed by atoms with Gasteiger partial charge in [-0.25, -0.2) is 0 Å². The van der Waals surface area contributed by atoms with Crippen LogP contribution in [0.15, 0.2) is 59.1 Å². The Morgan fingerprint density at radius 1 is 0.950 bits per heavy atom. The molecular weight excluding hydrogens is 307 g/mol. The van der Waals surface area contributed by atoms with Crippen LogP contribution in [0, 0.1) is 0 Å². The molecule has 102 valence electrons. The molecule has 1 heteroatoms.